The predicted molar refractivity (Wildman–Crippen MR) is 44.8 cm³/mol. The molecule has 0 amide bonds. The van der Waals surface area contributed by atoms with E-state index < -0.39 is 5.97 Å². The lowest BCUT2D eigenvalue weighted by atomic mass is 9.98. The van der Waals surface area contributed by atoms with Gasteiger partial charge < -0.3 is 10.2 Å². The summed E-state index contributed by atoms with van der Waals surface area (Å²) in [5.74, 6) is 0.759. The van der Waals surface area contributed by atoms with Crippen LogP contribution < -0.4 is 0 Å². The van der Waals surface area contributed by atoms with Crippen molar-refractivity contribution in [1.29, 1.82) is 0 Å². The molecule has 2 N–H and O–H groups in total. The van der Waals surface area contributed by atoms with Crippen LogP contribution in [-0.4, -0.2) is 22.3 Å². The fourth-order valence-corrected chi connectivity index (χ4v) is 2.21. The van der Waals surface area contributed by atoms with E-state index in [2.05, 4.69) is 0 Å². The molecule has 3 unspecified atom stereocenters. The molecule has 0 aromatic rings. The van der Waals surface area contributed by atoms with Crippen molar-refractivity contribution in [1.82, 2.24) is 0 Å². The van der Waals surface area contributed by atoms with Crippen LogP contribution in [0.15, 0.2) is 0 Å². The maximum absolute atomic E-state index is 9.22. The summed E-state index contributed by atoms with van der Waals surface area (Å²) in [7, 11) is 0. The zero-order valence-electron chi connectivity index (χ0n) is 7.36. The van der Waals surface area contributed by atoms with Crippen molar-refractivity contribution >= 4 is 5.97 Å². The number of carboxylic acids is 1. The van der Waals surface area contributed by atoms with Gasteiger partial charge in [0.05, 0.1) is 6.10 Å². The Labute approximate surface area is 72.4 Å². The Morgan fingerprint density at radius 1 is 1.33 bits per heavy atom. The fraction of sp³-hybridized carbons (Fsp3) is 0.889. The quantitative estimate of drug-likeness (QED) is 0.578. The van der Waals surface area contributed by atoms with Gasteiger partial charge >= 0.3 is 0 Å². The highest BCUT2D eigenvalue weighted by Gasteiger charge is 2.38. The second-order valence-electron chi connectivity index (χ2n) is 3.76. The van der Waals surface area contributed by atoms with Crippen molar-refractivity contribution in [3.05, 3.63) is 0 Å². The lowest BCUT2D eigenvalue weighted by Crippen LogP contribution is -2.14. The van der Waals surface area contributed by atoms with E-state index in [1.165, 1.54) is 19.3 Å². The summed E-state index contributed by atoms with van der Waals surface area (Å²) in [5, 5.41) is 16.6. The van der Waals surface area contributed by atoms with Crippen LogP contribution in [0.25, 0.3) is 0 Å². The maximum Gasteiger partial charge on any atom is 0.300 e. The number of rotatable bonds is 0. The van der Waals surface area contributed by atoms with E-state index >= 15 is 0 Å². The van der Waals surface area contributed by atoms with Crippen LogP contribution in [0.2, 0.25) is 0 Å². The number of aliphatic hydroxyl groups is 1. The van der Waals surface area contributed by atoms with Crippen LogP contribution in [0.5, 0.6) is 0 Å². The van der Waals surface area contributed by atoms with Gasteiger partial charge in [0.1, 0.15) is 0 Å². The van der Waals surface area contributed by atoms with Crippen molar-refractivity contribution in [3.63, 3.8) is 0 Å². The largest absolute Gasteiger partial charge is 0.481 e. The van der Waals surface area contributed by atoms with E-state index in [0.717, 1.165) is 19.3 Å². The van der Waals surface area contributed by atoms with Crippen LogP contribution in [-0.2, 0) is 4.79 Å². The number of hydrogen-bond acceptors (Lipinski definition) is 2. The van der Waals surface area contributed by atoms with Crippen molar-refractivity contribution in [2.75, 3.05) is 0 Å². The third kappa shape index (κ3) is 2.48. The molecule has 0 heterocycles. The van der Waals surface area contributed by atoms with Crippen molar-refractivity contribution in [2.45, 2.75) is 38.7 Å². The molecule has 0 aromatic carbocycles. The van der Waals surface area contributed by atoms with E-state index in [1.54, 1.807) is 0 Å². The minimum absolute atomic E-state index is 0.0775. The lowest BCUT2D eigenvalue weighted by molar-refractivity contribution is -0.134. The molecule has 2 fully saturated rings. The third-order valence-electron chi connectivity index (χ3n) is 2.70. The lowest BCUT2D eigenvalue weighted by Gasteiger charge is -2.14. The normalized spacial score (nSPS) is 37.3. The van der Waals surface area contributed by atoms with Crippen LogP contribution in [0, 0.1) is 11.8 Å². The first-order valence-electron chi connectivity index (χ1n) is 4.47. The van der Waals surface area contributed by atoms with E-state index in [0.29, 0.717) is 5.92 Å². The van der Waals surface area contributed by atoms with E-state index in [4.69, 9.17) is 9.90 Å². The van der Waals surface area contributed by atoms with Gasteiger partial charge in [-0.2, -0.15) is 0 Å². The minimum Gasteiger partial charge on any atom is -0.481 e. The molecule has 2 bridgehead atoms. The molecule has 2 aliphatic carbocycles. The SMILES string of the molecule is CC(=O)O.OC1CC2CCC1C2. The average molecular weight is 172 g/mol. The van der Waals surface area contributed by atoms with Gasteiger partial charge in [0, 0.05) is 6.92 Å². The Bertz CT molecular complexity index is 161. The number of aliphatic carboxylic acids is 1. The second kappa shape index (κ2) is 3.90. The number of fused-ring (bicyclic) bond motifs is 2. The Kier molecular flexibility index (Phi) is 3.09. The molecule has 3 nitrogen and oxygen atoms in total. The molecule has 0 spiro atoms. The first kappa shape index (κ1) is 9.52. The van der Waals surface area contributed by atoms with E-state index in [1.807, 2.05) is 0 Å². The highest BCUT2D eigenvalue weighted by molar-refractivity contribution is 5.62. The number of aliphatic hydroxyl groups excluding tert-OH is 1. The summed E-state index contributed by atoms with van der Waals surface area (Å²) in [4.78, 5) is 9.00. The van der Waals surface area contributed by atoms with Crippen molar-refractivity contribution < 1.29 is 15.0 Å². The molecule has 3 atom stereocenters. The molecule has 2 rings (SSSR count). The zero-order chi connectivity index (χ0) is 9.14. The van der Waals surface area contributed by atoms with Crippen LogP contribution in [0.4, 0.5) is 0 Å². The van der Waals surface area contributed by atoms with Gasteiger partial charge in [-0.3, -0.25) is 4.79 Å². The molecule has 12 heavy (non-hydrogen) atoms. The monoisotopic (exact) mass is 172 g/mol. The van der Waals surface area contributed by atoms with Crippen LogP contribution >= 0.6 is 0 Å². The van der Waals surface area contributed by atoms with Gasteiger partial charge in [-0.1, -0.05) is 0 Å². The molecule has 2 saturated carbocycles. The smallest absolute Gasteiger partial charge is 0.300 e. The third-order valence-corrected chi connectivity index (χ3v) is 2.70. The van der Waals surface area contributed by atoms with Crippen LogP contribution in [0.3, 0.4) is 0 Å². The molecule has 0 aliphatic heterocycles. The van der Waals surface area contributed by atoms with Crippen molar-refractivity contribution in [3.8, 4) is 0 Å². The predicted octanol–water partition coefficient (Wildman–Crippen LogP) is 1.26. The summed E-state index contributed by atoms with van der Waals surface area (Å²) in [6, 6.07) is 0. The first-order chi connectivity index (χ1) is 5.59. The summed E-state index contributed by atoms with van der Waals surface area (Å²) in [5.41, 5.74) is 0. The summed E-state index contributed by atoms with van der Waals surface area (Å²) in [6.45, 7) is 1.08. The number of hydrogen-bond donors (Lipinski definition) is 2. The zero-order valence-corrected chi connectivity index (χ0v) is 7.36. The summed E-state index contributed by atoms with van der Waals surface area (Å²) >= 11 is 0. The molecule has 0 radical (unpaired) electrons. The summed E-state index contributed by atoms with van der Waals surface area (Å²) in [6.07, 6.45) is 5.19. The first-order valence-corrected chi connectivity index (χ1v) is 4.47. The van der Waals surface area contributed by atoms with E-state index in [-0.39, 0.29) is 6.10 Å². The van der Waals surface area contributed by atoms with Gasteiger partial charge in [0.25, 0.3) is 5.97 Å². The second-order valence-corrected chi connectivity index (χ2v) is 3.76. The highest BCUT2D eigenvalue weighted by atomic mass is 16.4. The summed E-state index contributed by atoms with van der Waals surface area (Å²) < 4.78 is 0. The highest BCUT2D eigenvalue weighted by Crippen LogP contribution is 2.44. The van der Waals surface area contributed by atoms with Gasteiger partial charge in [-0.15, -0.1) is 0 Å². The van der Waals surface area contributed by atoms with Gasteiger partial charge in [0.15, 0.2) is 0 Å². The van der Waals surface area contributed by atoms with Gasteiger partial charge in [0.2, 0.25) is 0 Å². The maximum atomic E-state index is 9.22. The Balaban J connectivity index is 0.000000157. The molecular formula is C9H16O3. The standard InChI is InChI=1S/C7H12O.C2H4O2/c8-7-4-5-1-2-6(7)3-5;1-2(3)4/h5-8H,1-4H2;1H3,(H,3,4). The van der Waals surface area contributed by atoms with Crippen molar-refractivity contribution in [2.24, 2.45) is 11.8 Å². The topological polar surface area (TPSA) is 57.5 Å². The van der Waals surface area contributed by atoms with E-state index in [9.17, 15) is 5.11 Å². The Morgan fingerprint density at radius 2 is 1.92 bits per heavy atom. The fourth-order valence-electron chi connectivity index (χ4n) is 2.21. The Morgan fingerprint density at radius 3 is 2.08 bits per heavy atom. The van der Waals surface area contributed by atoms with Gasteiger partial charge in [-0.25, -0.2) is 0 Å². The average Bonchev–Trinajstić information content (AvgIpc) is 2.44. The Hall–Kier alpha value is -0.570. The minimum atomic E-state index is -0.833. The molecule has 2 aliphatic rings. The molecular weight excluding hydrogens is 156 g/mol. The molecule has 0 aromatic heterocycles. The number of carboxylic acid groups (broad SMARTS) is 1. The van der Waals surface area contributed by atoms with Gasteiger partial charge in [-0.05, 0) is 37.5 Å². The molecule has 70 valence electrons. The molecule has 0 saturated heterocycles. The number of carbonyl (C=O) groups is 1. The molecule has 3 heteroatoms. The van der Waals surface area contributed by atoms with Crippen LogP contribution in [0.1, 0.15) is 32.6 Å².